The van der Waals surface area contributed by atoms with Gasteiger partial charge in [0.05, 0.1) is 6.61 Å². The SMILES string of the molecule is COCCN(c1ncccc1/C=C/C(=O)O)C(C)C. The molecule has 5 nitrogen and oxygen atoms in total. The molecule has 0 bridgehead atoms. The number of nitrogens with zero attached hydrogens (tertiary/aromatic N) is 2. The molecule has 0 saturated heterocycles. The Hall–Kier alpha value is -1.88. The largest absolute Gasteiger partial charge is 0.478 e. The number of pyridine rings is 1. The molecule has 0 aliphatic carbocycles. The molecule has 5 heteroatoms. The average molecular weight is 264 g/mol. The van der Waals surface area contributed by atoms with Crippen LogP contribution in [-0.4, -0.2) is 42.4 Å². The van der Waals surface area contributed by atoms with E-state index in [1.54, 1.807) is 25.4 Å². The average Bonchev–Trinajstić information content (AvgIpc) is 2.37. The minimum atomic E-state index is -0.970. The van der Waals surface area contributed by atoms with Gasteiger partial charge in [0.15, 0.2) is 0 Å². The zero-order chi connectivity index (χ0) is 14.3. The number of hydrogen-bond acceptors (Lipinski definition) is 4. The lowest BCUT2D eigenvalue weighted by molar-refractivity contribution is -0.131. The first-order valence-electron chi connectivity index (χ1n) is 6.18. The van der Waals surface area contributed by atoms with Crippen molar-refractivity contribution in [2.45, 2.75) is 19.9 Å². The normalized spacial score (nSPS) is 11.2. The van der Waals surface area contributed by atoms with Crippen LogP contribution in [0.5, 0.6) is 0 Å². The van der Waals surface area contributed by atoms with Gasteiger partial charge in [-0.05, 0) is 32.1 Å². The van der Waals surface area contributed by atoms with Gasteiger partial charge in [-0.15, -0.1) is 0 Å². The van der Waals surface area contributed by atoms with Crippen molar-refractivity contribution >= 4 is 17.9 Å². The fourth-order valence-electron chi connectivity index (χ4n) is 1.74. The number of rotatable bonds is 7. The number of ether oxygens (including phenoxy) is 1. The van der Waals surface area contributed by atoms with Crippen LogP contribution in [-0.2, 0) is 9.53 Å². The summed E-state index contributed by atoms with van der Waals surface area (Å²) in [5.41, 5.74) is 0.787. The lowest BCUT2D eigenvalue weighted by Gasteiger charge is -2.28. The summed E-state index contributed by atoms with van der Waals surface area (Å²) in [6, 6.07) is 3.89. The first-order chi connectivity index (χ1) is 9.06. The molecule has 0 aliphatic rings. The minimum absolute atomic E-state index is 0.252. The lowest BCUT2D eigenvalue weighted by Crippen LogP contribution is -2.35. The monoisotopic (exact) mass is 264 g/mol. The van der Waals surface area contributed by atoms with Crippen molar-refractivity contribution < 1.29 is 14.6 Å². The first-order valence-corrected chi connectivity index (χ1v) is 6.18. The zero-order valence-corrected chi connectivity index (χ0v) is 11.5. The van der Waals surface area contributed by atoms with Gasteiger partial charge in [0.25, 0.3) is 0 Å². The van der Waals surface area contributed by atoms with Crippen molar-refractivity contribution in [1.82, 2.24) is 4.98 Å². The number of carboxylic acid groups (broad SMARTS) is 1. The highest BCUT2D eigenvalue weighted by Gasteiger charge is 2.14. The van der Waals surface area contributed by atoms with Crippen LogP contribution < -0.4 is 4.90 Å². The maximum absolute atomic E-state index is 10.6. The molecule has 0 aliphatic heterocycles. The Morgan fingerprint density at radius 1 is 1.58 bits per heavy atom. The van der Waals surface area contributed by atoms with Gasteiger partial charge in [0.2, 0.25) is 0 Å². The van der Waals surface area contributed by atoms with E-state index >= 15 is 0 Å². The molecule has 0 spiro atoms. The van der Waals surface area contributed by atoms with Gasteiger partial charge in [0, 0.05) is 37.5 Å². The number of aromatic nitrogens is 1. The van der Waals surface area contributed by atoms with Crippen molar-refractivity contribution in [3.63, 3.8) is 0 Å². The number of carbonyl (C=O) groups is 1. The first kappa shape index (κ1) is 15.2. The summed E-state index contributed by atoms with van der Waals surface area (Å²) in [7, 11) is 1.65. The van der Waals surface area contributed by atoms with Crippen LogP contribution >= 0.6 is 0 Å². The maximum Gasteiger partial charge on any atom is 0.328 e. The quantitative estimate of drug-likeness (QED) is 0.764. The zero-order valence-electron chi connectivity index (χ0n) is 11.5. The second-order valence-corrected chi connectivity index (χ2v) is 4.37. The van der Waals surface area contributed by atoms with E-state index in [4.69, 9.17) is 9.84 Å². The van der Waals surface area contributed by atoms with E-state index in [-0.39, 0.29) is 6.04 Å². The lowest BCUT2D eigenvalue weighted by atomic mass is 10.2. The Balaban J connectivity index is 3.04. The van der Waals surface area contributed by atoms with Gasteiger partial charge in [-0.25, -0.2) is 9.78 Å². The Kier molecular flexibility index (Phi) is 6.02. The molecule has 1 rings (SSSR count). The third-order valence-corrected chi connectivity index (χ3v) is 2.65. The molecular formula is C14H20N2O3. The molecule has 104 valence electrons. The van der Waals surface area contributed by atoms with Gasteiger partial charge in [-0.2, -0.15) is 0 Å². The highest BCUT2D eigenvalue weighted by molar-refractivity contribution is 5.86. The Labute approximate surface area is 113 Å². The molecule has 1 aromatic heterocycles. The Morgan fingerprint density at radius 3 is 2.89 bits per heavy atom. The van der Waals surface area contributed by atoms with Crippen molar-refractivity contribution in [3.05, 3.63) is 30.0 Å². The summed E-state index contributed by atoms with van der Waals surface area (Å²) in [6.07, 6.45) is 4.39. The van der Waals surface area contributed by atoms with E-state index in [1.807, 2.05) is 6.07 Å². The van der Waals surface area contributed by atoms with Gasteiger partial charge in [-0.3, -0.25) is 0 Å². The van der Waals surface area contributed by atoms with Crippen LogP contribution in [0.15, 0.2) is 24.4 Å². The smallest absolute Gasteiger partial charge is 0.328 e. The van der Waals surface area contributed by atoms with Crippen molar-refractivity contribution in [2.75, 3.05) is 25.2 Å². The van der Waals surface area contributed by atoms with E-state index in [2.05, 4.69) is 23.7 Å². The van der Waals surface area contributed by atoms with Crippen molar-refractivity contribution in [2.24, 2.45) is 0 Å². The summed E-state index contributed by atoms with van der Waals surface area (Å²) in [5, 5.41) is 8.71. The van der Waals surface area contributed by atoms with Gasteiger partial charge >= 0.3 is 5.97 Å². The molecule has 1 aromatic rings. The maximum atomic E-state index is 10.6. The molecule has 19 heavy (non-hydrogen) atoms. The fraction of sp³-hybridized carbons (Fsp3) is 0.429. The minimum Gasteiger partial charge on any atom is -0.478 e. The van der Waals surface area contributed by atoms with Gasteiger partial charge in [0.1, 0.15) is 5.82 Å². The van der Waals surface area contributed by atoms with E-state index < -0.39 is 5.97 Å². The van der Waals surface area contributed by atoms with Crippen LogP contribution in [0.25, 0.3) is 6.08 Å². The van der Waals surface area contributed by atoms with Crippen molar-refractivity contribution in [1.29, 1.82) is 0 Å². The number of aliphatic carboxylic acids is 1. The summed E-state index contributed by atoms with van der Waals surface area (Å²) < 4.78 is 5.10. The Bertz CT molecular complexity index is 444. The number of carboxylic acids is 1. The highest BCUT2D eigenvalue weighted by atomic mass is 16.5. The molecule has 0 unspecified atom stereocenters. The fourth-order valence-corrected chi connectivity index (χ4v) is 1.74. The number of hydrogen-bond donors (Lipinski definition) is 1. The van der Waals surface area contributed by atoms with Gasteiger partial charge in [-0.1, -0.05) is 0 Å². The van der Waals surface area contributed by atoms with Crippen LogP contribution in [0, 0.1) is 0 Å². The molecule has 0 atom stereocenters. The summed E-state index contributed by atoms with van der Waals surface area (Å²) in [5.74, 6) is -0.199. The van der Waals surface area contributed by atoms with Crippen molar-refractivity contribution in [3.8, 4) is 0 Å². The molecule has 0 fully saturated rings. The second kappa shape index (κ2) is 7.53. The topological polar surface area (TPSA) is 62.7 Å². The molecule has 0 saturated carbocycles. The predicted octanol–water partition coefficient (Wildman–Crippen LogP) is 2.04. The molecule has 0 amide bonds. The van der Waals surface area contributed by atoms with E-state index in [1.165, 1.54) is 0 Å². The third kappa shape index (κ3) is 4.71. The summed E-state index contributed by atoms with van der Waals surface area (Å²) in [6.45, 7) is 5.43. The van der Waals surface area contributed by atoms with E-state index in [0.717, 1.165) is 17.5 Å². The third-order valence-electron chi connectivity index (χ3n) is 2.65. The molecular weight excluding hydrogens is 244 g/mol. The standard InChI is InChI=1S/C14H20N2O3/c1-11(2)16(9-10-19-3)14-12(5-4-8-15-14)6-7-13(17)18/h4-8,11H,9-10H2,1-3H3,(H,17,18)/b7-6+. The van der Waals surface area contributed by atoms with Crippen LogP contribution in [0.1, 0.15) is 19.4 Å². The van der Waals surface area contributed by atoms with Gasteiger partial charge < -0.3 is 14.7 Å². The summed E-state index contributed by atoms with van der Waals surface area (Å²) in [4.78, 5) is 17.1. The molecule has 1 N–H and O–H groups in total. The molecule has 1 heterocycles. The Morgan fingerprint density at radius 2 is 2.32 bits per heavy atom. The second-order valence-electron chi connectivity index (χ2n) is 4.37. The van der Waals surface area contributed by atoms with Crippen LogP contribution in [0.3, 0.4) is 0 Å². The molecule has 0 aromatic carbocycles. The number of anilines is 1. The predicted molar refractivity (Wildman–Crippen MR) is 75.3 cm³/mol. The van der Waals surface area contributed by atoms with Crippen LogP contribution in [0.2, 0.25) is 0 Å². The van der Waals surface area contributed by atoms with Crippen LogP contribution in [0.4, 0.5) is 5.82 Å². The highest BCUT2D eigenvalue weighted by Crippen LogP contribution is 2.20. The van der Waals surface area contributed by atoms with E-state index in [0.29, 0.717) is 13.2 Å². The van der Waals surface area contributed by atoms with E-state index in [9.17, 15) is 4.79 Å². The summed E-state index contributed by atoms with van der Waals surface area (Å²) >= 11 is 0. The number of methoxy groups -OCH3 is 1. The molecule has 0 radical (unpaired) electrons.